The number of carbonyl (C=O) groups excluding carboxylic acids is 1. The number of aliphatic hydroxyl groups is 1. The van der Waals surface area contributed by atoms with Crippen molar-refractivity contribution in [1.82, 2.24) is 0 Å². The summed E-state index contributed by atoms with van der Waals surface area (Å²) in [5.74, 6) is 0.284. The summed E-state index contributed by atoms with van der Waals surface area (Å²) in [6.45, 7) is 8.05. The van der Waals surface area contributed by atoms with Gasteiger partial charge < -0.3 is 9.84 Å². The molecule has 0 amide bonds. The van der Waals surface area contributed by atoms with Crippen LogP contribution < -0.4 is 4.74 Å². The molecule has 0 bridgehead atoms. The third-order valence-corrected chi connectivity index (χ3v) is 7.40. The standard InChI is InChI=1S/C24H31NO3/c1-16(2)18-13-19(15-25)23(3)11-10-22(26)21(24(23,27)14-18)9-8-17-6-5-7-20(12-17)28-4/h5-7,12,18-19,21,27H,1,8-11,13-14H2,2-4H3/t18-,19+,21-,23+,24-/m0/s1. The Labute approximate surface area is 168 Å². The van der Waals surface area contributed by atoms with Crippen molar-refractivity contribution in [1.29, 1.82) is 5.26 Å². The Morgan fingerprint density at radius 3 is 2.86 bits per heavy atom. The fourth-order valence-corrected chi connectivity index (χ4v) is 5.40. The Bertz CT molecular complexity index is 810. The fraction of sp³-hybridized carbons (Fsp3) is 0.583. The van der Waals surface area contributed by atoms with E-state index in [1.165, 1.54) is 0 Å². The number of methoxy groups -OCH3 is 1. The highest BCUT2D eigenvalue weighted by Crippen LogP contribution is 2.59. The minimum absolute atomic E-state index is 0.0768. The SMILES string of the molecule is C=C(C)[C@H]1C[C@H](C#N)[C@@]2(C)CCC(=O)[C@H](CCc3cccc(OC)c3)[C@@]2(O)C1. The predicted octanol–water partition coefficient (Wildman–Crippen LogP) is 4.47. The molecule has 0 spiro atoms. The van der Waals surface area contributed by atoms with Gasteiger partial charge in [0.25, 0.3) is 0 Å². The van der Waals surface area contributed by atoms with E-state index < -0.39 is 16.9 Å². The van der Waals surface area contributed by atoms with Gasteiger partial charge in [-0.3, -0.25) is 4.79 Å². The van der Waals surface area contributed by atoms with E-state index in [1.54, 1.807) is 7.11 Å². The number of carbonyl (C=O) groups is 1. The number of benzene rings is 1. The summed E-state index contributed by atoms with van der Waals surface area (Å²) in [7, 11) is 1.64. The molecule has 1 N–H and O–H groups in total. The Hall–Kier alpha value is -2.12. The van der Waals surface area contributed by atoms with Gasteiger partial charge in [-0.05, 0) is 62.6 Å². The Morgan fingerprint density at radius 1 is 1.46 bits per heavy atom. The molecule has 0 aromatic heterocycles. The average Bonchev–Trinajstić information content (AvgIpc) is 2.67. The molecule has 2 saturated carbocycles. The molecule has 3 rings (SSSR count). The topological polar surface area (TPSA) is 70.3 Å². The van der Waals surface area contributed by atoms with Gasteiger partial charge in [0, 0.05) is 17.8 Å². The summed E-state index contributed by atoms with van der Waals surface area (Å²) in [5.41, 5.74) is 0.358. The van der Waals surface area contributed by atoms with Gasteiger partial charge in [-0.1, -0.05) is 31.2 Å². The van der Waals surface area contributed by atoms with Crippen molar-refractivity contribution in [3.05, 3.63) is 42.0 Å². The van der Waals surface area contributed by atoms with Crippen molar-refractivity contribution >= 4 is 5.78 Å². The molecular formula is C24H31NO3. The maximum absolute atomic E-state index is 12.9. The molecule has 4 heteroatoms. The lowest BCUT2D eigenvalue weighted by Gasteiger charge is -2.59. The number of aryl methyl sites for hydroxylation is 1. The fourth-order valence-electron chi connectivity index (χ4n) is 5.40. The van der Waals surface area contributed by atoms with E-state index in [4.69, 9.17) is 4.74 Å². The van der Waals surface area contributed by atoms with E-state index >= 15 is 0 Å². The van der Waals surface area contributed by atoms with Gasteiger partial charge >= 0.3 is 0 Å². The Morgan fingerprint density at radius 2 is 2.21 bits per heavy atom. The van der Waals surface area contributed by atoms with Crippen LogP contribution >= 0.6 is 0 Å². The molecule has 2 aliphatic rings. The second kappa shape index (κ2) is 7.72. The number of Topliss-reactive ketones (excluding diaryl/α,β-unsaturated/α-hetero) is 1. The molecule has 0 saturated heterocycles. The minimum atomic E-state index is -1.16. The summed E-state index contributed by atoms with van der Waals surface area (Å²) >= 11 is 0. The lowest BCUT2D eigenvalue weighted by Crippen LogP contribution is -2.64. The Kier molecular flexibility index (Phi) is 5.68. The van der Waals surface area contributed by atoms with E-state index in [-0.39, 0.29) is 17.6 Å². The maximum Gasteiger partial charge on any atom is 0.138 e. The van der Waals surface area contributed by atoms with E-state index in [0.29, 0.717) is 32.1 Å². The average molecular weight is 382 g/mol. The second-order valence-corrected chi connectivity index (χ2v) is 8.92. The lowest BCUT2D eigenvalue weighted by molar-refractivity contribution is -0.195. The number of rotatable bonds is 5. The smallest absolute Gasteiger partial charge is 0.138 e. The molecule has 0 radical (unpaired) electrons. The summed E-state index contributed by atoms with van der Waals surface area (Å²) in [6, 6.07) is 10.3. The summed E-state index contributed by atoms with van der Waals surface area (Å²) in [5, 5.41) is 21.8. The van der Waals surface area contributed by atoms with Crippen LogP contribution in [0.5, 0.6) is 5.75 Å². The molecule has 1 aromatic carbocycles. The number of hydrogen-bond acceptors (Lipinski definition) is 4. The highest BCUT2D eigenvalue weighted by molar-refractivity contribution is 5.83. The number of hydrogen-bond donors (Lipinski definition) is 1. The van der Waals surface area contributed by atoms with Crippen molar-refractivity contribution in [2.75, 3.05) is 7.11 Å². The third kappa shape index (κ3) is 3.37. The monoisotopic (exact) mass is 381 g/mol. The van der Waals surface area contributed by atoms with Crippen LogP contribution in [0, 0.1) is 34.5 Å². The van der Waals surface area contributed by atoms with E-state index in [9.17, 15) is 15.2 Å². The third-order valence-electron chi connectivity index (χ3n) is 7.40. The Balaban J connectivity index is 1.91. The van der Waals surface area contributed by atoms with Crippen molar-refractivity contribution in [3.8, 4) is 11.8 Å². The van der Waals surface area contributed by atoms with Gasteiger partial charge in [-0.15, -0.1) is 0 Å². The molecule has 5 atom stereocenters. The number of ketones is 1. The summed E-state index contributed by atoms with van der Waals surface area (Å²) in [6.07, 6.45) is 3.55. The lowest BCUT2D eigenvalue weighted by atomic mass is 9.47. The van der Waals surface area contributed by atoms with Crippen molar-refractivity contribution in [2.45, 2.75) is 58.0 Å². The summed E-state index contributed by atoms with van der Waals surface area (Å²) in [4.78, 5) is 12.9. The molecule has 1 aromatic rings. The van der Waals surface area contributed by atoms with Crippen LogP contribution in [0.2, 0.25) is 0 Å². The normalized spacial score (nSPS) is 35.0. The van der Waals surface area contributed by atoms with E-state index in [1.807, 2.05) is 38.1 Å². The van der Waals surface area contributed by atoms with Crippen molar-refractivity contribution in [3.63, 3.8) is 0 Å². The number of fused-ring (bicyclic) bond motifs is 1. The molecule has 150 valence electrons. The van der Waals surface area contributed by atoms with Gasteiger partial charge in [0.15, 0.2) is 0 Å². The summed E-state index contributed by atoms with van der Waals surface area (Å²) < 4.78 is 5.30. The van der Waals surface area contributed by atoms with Crippen LogP contribution in [0.4, 0.5) is 0 Å². The second-order valence-electron chi connectivity index (χ2n) is 8.92. The first-order chi connectivity index (χ1) is 13.2. The highest BCUT2D eigenvalue weighted by Gasteiger charge is 2.63. The number of nitrogens with zero attached hydrogens (tertiary/aromatic N) is 1. The zero-order chi connectivity index (χ0) is 20.5. The minimum Gasteiger partial charge on any atom is -0.497 e. The van der Waals surface area contributed by atoms with Crippen LogP contribution in [0.25, 0.3) is 0 Å². The quantitative estimate of drug-likeness (QED) is 0.764. The maximum atomic E-state index is 12.9. The molecule has 2 fully saturated rings. The van der Waals surface area contributed by atoms with Gasteiger partial charge in [0.2, 0.25) is 0 Å². The van der Waals surface area contributed by atoms with Crippen LogP contribution in [-0.4, -0.2) is 23.6 Å². The first-order valence-electron chi connectivity index (χ1n) is 10.2. The number of allylic oxidation sites excluding steroid dienone is 1. The molecule has 4 nitrogen and oxygen atoms in total. The van der Waals surface area contributed by atoms with Gasteiger partial charge in [0.1, 0.15) is 11.5 Å². The van der Waals surface area contributed by atoms with Crippen LogP contribution in [0.15, 0.2) is 36.4 Å². The first-order valence-corrected chi connectivity index (χ1v) is 10.2. The molecule has 0 heterocycles. The predicted molar refractivity (Wildman–Crippen MR) is 109 cm³/mol. The van der Waals surface area contributed by atoms with Crippen molar-refractivity contribution in [2.24, 2.45) is 23.2 Å². The number of nitriles is 1. The van der Waals surface area contributed by atoms with Gasteiger partial charge in [-0.2, -0.15) is 5.26 Å². The van der Waals surface area contributed by atoms with E-state index in [0.717, 1.165) is 23.3 Å². The van der Waals surface area contributed by atoms with Crippen LogP contribution in [-0.2, 0) is 11.2 Å². The zero-order valence-corrected chi connectivity index (χ0v) is 17.2. The molecule has 0 unspecified atom stereocenters. The first kappa shape index (κ1) is 20.6. The molecule has 2 aliphatic carbocycles. The zero-order valence-electron chi connectivity index (χ0n) is 17.2. The molecule has 0 aliphatic heterocycles. The van der Waals surface area contributed by atoms with Gasteiger partial charge in [-0.25, -0.2) is 0 Å². The van der Waals surface area contributed by atoms with Crippen LogP contribution in [0.1, 0.15) is 51.5 Å². The largest absolute Gasteiger partial charge is 0.497 e. The van der Waals surface area contributed by atoms with E-state index in [2.05, 4.69) is 12.6 Å². The van der Waals surface area contributed by atoms with Crippen LogP contribution in [0.3, 0.4) is 0 Å². The number of ether oxygens (including phenoxy) is 1. The molecular weight excluding hydrogens is 350 g/mol. The highest BCUT2D eigenvalue weighted by atomic mass is 16.5. The molecule has 28 heavy (non-hydrogen) atoms. The van der Waals surface area contributed by atoms with Crippen molar-refractivity contribution < 1.29 is 14.6 Å². The van der Waals surface area contributed by atoms with Gasteiger partial charge in [0.05, 0.1) is 24.7 Å².